The molecule has 2 aromatic carbocycles. The molecule has 0 heterocycles. The van der Waals surface area contributed by atoms with Gasteiger partial charge in [-0.1, -0.05) is 65.8 Å². The van der Waals surface area contributed by atoms with Gasteiger partial charge in [-0.25, -0.2) is 0 Å². The number of hydrogen-bond acceptors (Lipinski definition) is 0. The molecule has 0 nitrogen and oxygen atoms in total. The van der Waals surface area contributed by atoms with E-state index in [4.69, 9.17) is 0 Å². The predicted molar refractivity (Wildman–Crippen MR) is 74.2 cm³/mol. The molecule has 0 spiro atoms. The summed E-state index contributed by atoms with van der Waals surface area (Å²) in [6, 6.07) is 15.2. The molecule has 17 heavy (non-hydrogen) atoms. The molecule has 0 radical (unpaired) electrons. The third-order valence-corrected chi connectivity index (χ3v) is 3.65. The van der Waals surface area contributed by atoms with Crippen LogP contribution in [0.3, 0.4) is 0 Å². The SMILES string of the molecule is CC1=CC=C(C)C1c1cccc2ccccc12. The van der Waals surface area contributed by atoms with Crippen molar-refractivity contribution in [3.05, 3.63) is 71.3 Å². The van der Waals surface area contributed by atoms with Crippen molar-refractivity contribution in [2.24, 2.45) is 0 Å². The zero-order chi connectivity index (χ0) is 11.8. The van der Waals surface area contributed by atoms with Gasteiger partial charge in [-0.05, 0) is 30.2 Å². The van der Waals surface area contributed by atoms with Crippen LogP contribution in [0.4, 0.5) is 0 Å². The minimum Gasteiger partial charge on any atom is -0.0624 e. The van der Waals surface area contributed by atoms with Gasteiger partial charge in [0.15, 0.2) is 0 Å². The Balaban J connectivity index is 2.25. The van der Waals surface area contributed by atoms with Crippen molar-refractivity contribution in [1.29, 1.82) is 0 Å². The van der Waals surface area contributed by atoms with Crippen molar-refractivity contribution in [3.8, 4) is 0 Å². The van der Waals surface area contributed by atoms with E-state index in [-0.39, 0.29) is 0 Å². The van der Waals surface area contributed by atoms with Gasteiger partial charge in [-0.3, -0.25) is 0 Å². The Kier molecular flexibility index (Phi) is 2.36. The number of hydrogen-bond donors (Lipinski definition) is 0. The van der Waals surface area contributed by atoms with E-state index in [1.807, 2.05) is 0 Å². The minimum absolute atomic E-state index is 0.473. The number of rotatable bonds is 1. The third kappa shape index (κ3) is 1.61. The second-order valence-corrected chi connectivity index (χ2v) is 4.82. The zero-order valence-corrected chi connectivity index (χ0v) is 10.3. The average Bonchev–Trinajstić information content (AvgIpc) is 2.69. The van der Waals surface area contributed by atoms with Crippen LogP contribution in [0, 0.1) is 0 Å². The van der Waals surface area contributed by atoms with Crippen LogP contribution in [0.15, 0.2) is 65.8 Å². The Bertz CT molecular complexity index is 606. The molecule has 0 heteroatoms. The normalized spacial score (nSPS) is 16.1. The maximum atomic E-state index is 2.26. The second-order valence-electron chi connectivity index (χ2n) is 4.82. The predicted octanol–water partition coefficient (Wildman–Crippen LogP) is 4.83. The highest BCUT2D eigenvalue weighted by atomic mass is 14.2. The van der Waals surface area contributed by atoms with Crippen LogP contribution in [0.25, 0.3) is 10.8 Å². The molecule has 0 saturated heterocycles. The Morgan fingerprint density at radius 2 is 1.41 bits per heavy atom. The van der Waals surface area contributed by atoms with Gasteiger partial charge >= 0.3 is 0 Å². The Hall–Kier alpha value is -1.82. The van der Waals surface area contributed by atoms with Crippen LogP contribution < -0.4 is 0 Å². The van der Waals surface area contributed by atoms with Gasteiger partial charge in [0.05, 0.1) is 0 Å². The van der Waals surface area contributed by atoms with E-state index in [9.17, 15) is 0 Å². The summed E-state index contributed by atoms with van der Waals surface area (Å²) in [5.74, 6) is 0.473. The molecule has 0 aliphatic heterocycles. The Morgan fingerprint density at radius 1 is 0.765 bits per heavy atom. The fourth-order valence-corrected chi connectivity index (χ4v) is 2.81. The topological polar surface area (TPSA) is 0 Å². The molecule has 0 aromatic heterocycles. The van der Waals surface area contributed by atoms with Gasteiger partial charge in [0, 0.05) is 5.92 Å². The molecule has 0 N–H and O–H groups in total. The number of fused-ring (bicyclic) bond motifs is 1. The lowest BCUT2D eigenvalue weighted by Crippen LogP contribution is -1.99. The summed E-state index contributed by atoms with van der Waals surface area (Å²) in [4.78, 5) is 0. The molecule has 0 saturated carbocycles. The maximum absolute atomic E-state index is 2.26. The van der Waals surface area contributed by atoms with Crippen molar-refractivity contribution in [2.45, 2.75) is 19.8 Å². The fourth-order valence-electron chi connectivity index (χ4n) is 2.81. The summed E-state index contributed by atoms with van der Waals surface area (Å²) >= 11 is 0. The first-order valence-corrected chi connectivity index (χ1v) is 6.10. The Labute approximate surface area is 102 Å². The average molecular weight is 220 g/mol. The summed E-state index contributed by atoms with van der Waals surface area (Å²) in [6.07, 6.45) is 4.48. The van der Waals surface area contributed by atoms with Crippen molar-refractivity contribution >= 4 is 10.8 Å². The highest BCUT2D eigenvalue weighted by Crippen LogP contribution is 2.38. The molecule has 0 fully saturated rings. The number of allylic oxidation sites excluding steroid dienone is 4. The minimum atomic E-state index is 0.473. The number of benzene rings is 2. The van der Waals surface area contributed by atoms with E-state index in [1.54, 1.807) is 0 Å². The van der Waals surface area contributed by atoms with Crippen molar-refractivity contribution < 1.29 is 0 Å². The van der Waals surface area contributed by atoms with Gasteiger partial charge in [-0.2, -0.15) is 0 Å². The fraction of sp³-hybridized carbons (Fsp3) is 0.176. The van der Waals surface area contributed by atoms with Gasteiger partial charge in [0.2, 0.25) is 0 Å². The molecule has 0 atom stereocenters. The highest BCUT2D eigenvalue weighted by molar-refractivity contribution is 5.87. The van der Waals surface area contributed by atoms with E-state index in [0.29, 0.717) is 5.92 Å². The molecule has 1 aliphatic carbocycles. The summed E-state index contributed by atoms with van der Waals surface area (Å²) in [5.41, 5.74) is 4.32. The molecular weight excluding hydrogens is 204 g/mol. The first-order chi connectivity index (χ1) is 8.27. The third-order valence-electron chi connectivity index (χ3n) is 3.65. The smallest absolute Gasteiger partial charge is 0.0264 e. The van der Waals surface area contributed by atoms with Crippen molar-refractivity contribution in [2.75, 3.05) is 0 Å². The lowest BCUT2D eigenvalue weighted by Gasteiger charge is -2.17. The van der Waals surface area contributed by atoms with E-state index < -0.39 is 0 Å². The Morgan fingerprint density at radius 3 is 2.18 bits per heavy atom. The van der Waals surface area contributed by atoms with Gasteiger partial charge in [-0.15, -0.1) is 0 Å². The second kappa shape index (κ2) is 3.89. The summed E-state index contributed by atoms with van der Waals surface area (Å²) in [7, 11) is 0. The molecule has 2 aromatic rings. The molecular formula is C17H16. The lowest BCUT2D eigenvalue weighted by molar-refractivity contribution is 0.954. The van der Waals surface area contributed by atoms with Gasteiger partial charge in [0.1, 0.15) is 0 Å². The van der Waals surface area contributed by atoms with E-state index in [2.05, 4.69) is 68.5 Å². The quantitative estimate of drug-likeness (QED) is 0.645. The van der Waals surface area contributed by atoms with Crippen LogP contribution in [-0.4, -0.2) is 0 Å². The van der Waals surface area contributed by atoms with Crippen LogP contribution >= 0.6 is 0 Å². The van der Waals surface area contributed by atoms with Crippen LogP contribution in [-0.2, 0) is 0 Å². The first-order valence-electron chi connectivity index (χ1n) is 6.10. The van der Waals surface area contributed by atoms with E-state index in [1.165, 1.54) is 27.5 Å². The highest BCUT2D eigenvalue weighted by Gasteiger charge is 2.20. The van der Waals surface area contributed by atoms with Crippen LogP contribution in [0.2, 0.25) is 0 Å². The van der Waals surface area contributed by atoms with Gasteiger partial charge < -0.3 is 0 Å². The summed E-state index contributed by atoms with van der Waals surface area (Å²) in [5, 5.41) is 2.71. The van der Waals surface area contributed by atoms with Crippen LogP contribution in [0.5, 0.6) is 0 Å². The van der Waals surface area contributed by atoms with Gasteiger partial charge in [0.25, 0.3) is 0 Å². The van der Waals surface area contributed by atoms with Crippen LogP contribution in [0.1, 0.15) is 25.3 Å². The van der Waals surface area contributed by atoms with Crippen molar-refractivity contribution in [3.63, 3.8) is 0 Å². The van der Waals surface area contributed by atoms with Crippen molar-refractivity contribution in [1.82, 2.24) is 0 Å². The molecule has 0 amide bonds. The van der Waals surface area contributed by atoms with E-state index >= 15 is 0 Å². The maximum Gasteiger partial charge on any atom is 0.0264 e. The summed E-state index contributed by atoms with van der Waals surface area (Å²) < 4.78 is 0. The molecule has 3 rings (SSSR count). The molecule has 0 bridgehead atoms. The standard InChI is InChI=1S/C17H16/c1-12-10-11-13(2)17(12)16-9-5-7-14-6-3-4-8-15(14)16/h3-11,17H,1-2H3. The van der Waals surface area contributed by atoms with E-state index in [0.717, 1.165) is 0 Å². The molecule has 84 valence electrons. The zero-order valence-electron chi connectivity index (χ0n) is 10.3. The largest absolute Gasteiger partial charge is 0.0624 e. The first kappa shape index (κ1) is 10.3. The summed E-state index contributed by atoms with van der Waals surface area (Å²) in [6.45, 7) is 4.44. The molecule has 1 aliphatic rings. The molecule has 0 unspecified atom stereocenters. The lowest BCUT2D eigenvalue weighted by atomic mass is 9.86. The monoisotopic (exact) mass is 220 g/mol.